The molecule has 78 valence electrons. The monoisotopic (exact) mass is 207 g/mol. The third kappa shape index (κ3) is 1.41. The number of methoxy groups -OCH3 is 1. The molecular formula is C10H9NO4. The molecule has 0 saturated carbocycles. The lowest BCUT2D eigenvalue weighted by Gasteiger charge is -2.06. The Labute approximate surface area is 84.3 Å². The third-order valence-electron chi connectivity index (χ3n) is 2.19. The van der Waals surface area contributed by atoms with Crippen molar-refractivity contribution >= 4 is 10.9 Å². The van der Waals surface area contributed by atoms with Crippen LogP contribution in [-0.4, -0.2) is 12.1 Å². The van der Waals surface area contributed by atoms with Crippen LogP contribution in [-0.2, 0) is 0 Å². The highest BCUT2D eigenvalue weighted by Crippen LogP contribution is 2.24. The summed E-state index contributed by atoms with van der Waals surface area (Å²) in [6.07, 6.45) is 0. The number of benzene rings is 1. The summed E-state index contributed by atoms with van der Waals surface area (Å²) in [5, 5.41) is 0.303. The third-order valence-corrected chi connectivity index (χ3v) is 2.19. The maximum Gasteiger partial charge on any atom is 0.419 e. The van der Waals surface area contributed by atoms with Crippen molar-refractivity contribution in [2.24, 2.45) is 0 Å². The van der Waals surface area contributed by atoms with Crippen LogP contribution in [0.25, 0.3) is 10.9 Å². The van der Waals surface area contributed by atoms with E-state index in [0.29, 0.717) is 16.7 Å². The summed E-state index contributed by atoms with van der Waals surface area (Å²) in [6, 6.07) is 3.32. The Morgan fingerprint density at radius 2 is 2.07 bits per heavy atom. The summed E-state index contributed by atoms with van der Waals surface area (Å²) in [4.78, 5) is 24.8. The molecule has 0 fully saturated rings. The van der Waals surface area contributed by atoms with E-state index in [4.69, 9.17) is 4.74 Å². The molecule has 1 heterocycles. The fourth-order valence-corrected chi connectivity index (χ4v) is 1.51. The number of hydrogen-bond acceptors (Lipinski definition) is 4. The minimum Gasteiger partial charge on any atom is -0.494 e. The van der Waals surface area contributed by atoms with E-state index in [2.05, 4.69) is 9.40 Å². The van der Waals surface area contributed by atoms with Crippen LogP contribution in [0.1, 0.15) is 5.56 Å². The average molecular weight is 207 g/mol. The number of ether oxygens (including phenoxy) is 1. The van der Waals surface area contributed by atoms with Gasteiger partial charge in [0.1, 0.15) is 11.3 Å². The number of aromatic nitrogens is 1. The molecule has 0 atom stereocenters. The SMILES string of the molecule is COc1c(C)ccc2c(=O)oc(=O)[nH]c12. The van der Waals surface area contributed by atoms with Crippen molar-refractivity contribution in [1.29, 1.82) is 0 Å². The first kappa shape index (κ1) is 9.51. The van der Waals surface area contributed by atoms with Crippen molar-refractivity contribution < 1.29 is 9.15 Å². The fourth-order valence-electron chi connectivity index (χ4n) is 1.51. The van der Waals surface area contributed by atoms with E-state index < -0.39 is 11.4 Å². The molecule has 1 N–H and O–H groups in total. The quantitative estimate of drug-likeness (QED) is 0.750. The lowest BCUT2D eigenvalue weighted by molar-refractivity contribution is 0.412. The molecule has 0 unspecified atom stereocenters. The van der Waals surface area contributed by atoms with Crippen molar-refractivity contribution in [2.45, 2.75) is 6.92 Å². The standard InChI is InChI=1S/C10H9NO4/c1-5-3-4-6-7(8(5)14-2)11-10(13)15-9(6)12/h3-4H,1-2H3,(H,11,13). The van der Waals surface area contributed by atoms with Crippen LogP contribution in [0.5, 0.6) is 5.75 Å². The molecule has 0 spiro atoms. The van der Waals surface area contributed by atoms with Gasteiger partial charge in [-0.05, 0) is 18.6 Å². The van der Waals surface area contributed by atoms with Gasteiger partial charge in [0.2, 0.25) is 0 Å². The number of nitrogens with one attached hydrogen (secondary N) is 1. The van der Waals surface area contributed by atoms with Crippen LogP contribution >= 0.6 is 0 Å². The second kappa shape index (κ2) is 3.27. The van der Waals surface area contributed by atoms with Crippen molar-refractivity contribution in [3.05, 3.63) is 38.7 Å². The van der Waals surface area contributed by atoms with E-state index in [9.17, 15) is 9.59 Å². The van der Waals surface area contributed by atoms with Gasteiger partial charge in [-0.3, -0.25) is 4.98 Å². The van der Waals surface area contributed by atoms with Crippen LogP contribution in [0.2, 0.25) is 0 Å². The van der Waals surface area contributed by atoms with Crippen LogP contribution in [0, 0.1) is 6.92 Å². The first-order valence-electron chi connectivity index (χ1n) is 4.34. The summed E-state index contributed by atoms with van der Waals surface area (Å²) >= 11 is 0. The molecular weight excluding hydrogens is 198 g/mol. The van der Waals surface area contributed by atoms with E-state index >= 15 is 0 Å². The first-order chi connectivity index (χ1) is 7.13. The van der Waals surface area contributed by atoms with Crippen LogP contribution in [0.3, 0.4) is 0 Å². The van der Waals surface area contributed by atoms with Crippen molar-refractivity contribution in [1.82, 2.24) is 4.98 Å². The molecule has 0 amide bonds. The minimum atomic E-state index is -0.781. The molecule has 0 bridgehead atoms. The molecule has 5 nitrogen and oxygen atoms in total. The maximum absolute atomic E-state index is 11.3. The van der Waals surface area contributed by atoms with Crippen LogP contribution < -0.4 is 16.1 Å². The highest BCUT2D eigenvalue weighted by Gasteiger charge is 2.09. The summed E-state index contributed by atoms with van der Waals surface area (Å²) in [6.45, 7) is 1.82. The molecule has 0 aliphatic rings. The van der Waals surface area contributed by atoms with Gasteiger partial charge in [-0.2, -0.15) is 0 Å². The Bertz CT molecular complexity index is 623. The zero-order chi connectivity index (χ0) is 11.0. The van der Waals surface area contributed by atoms with E-state index in [-0.39, 0.29) is 0 Å². The second-order valence-corrected chi connectivity index (χ2v) is 3.14. The average Bonchev–Trinajstić information content (AvgIpc) is 2.17. The molecule has 0 saturated heterocycles. The summed E-state index contributed by atoms with van der Waals surface area (Å²) < 4.78 is 9.53. The number of fused-ring (bicyclic) bond motifs is 1. The zero-order valence-corrected chi connectivity index (χ0v) is 8.29. The van der Waals surface area contributed by atoms with Gasteiger partial charge < -0.3 is 9.15 Å². The Morgan fingerprint density at radius 3 is 2.73 bits per heavy atom. The summed E-state index contributed by atoms with van der Waals surface area (Å²) in [7, 11) is 1.48. The molecule has 1 aromatic carbocycles. The smallest absolute Gasteiger partial charge is 0.419 e. The lowest BCUT2D eigenvalue weighted by atomic mass is 10.1. The second-order valence-electron chi connectivity index (χ2n) is 3.14. The van der Waals surface area contributed by atoms with Gasteiger partial charge in [0.05, 0.1) is 12.5 Å². The van der Waals surface area contributed by atoms with Gasteiger partial charge in [-0.1, -0.05) is 6.07 Å². The van der Waals surface area contributed by atoms with E-state index in [1.807, 2.05) is 6.92 Å². The van der Waals surface area contributed by atoms with Gasteiger partial charge >= 0.3 is 11.4 Å². The summed E-state index contributed by atoms with van der Waals surface area (Å²) in [5.41, 5.74) is 0.553. The summed E-state index contributed by atoms with van der Waals surface area (Å²) in [5.74, 6) is -0.297. The number of aryl methyl sites for hydroxylation is 1. The van der Waals surface area contributed by atoms with E-state index in [1.165, 1.54) is 7.11 Å². The van der Waals surface area contributed by atoms with Gasteiger partial charge in [-0.25, -0.2) is 9.59 Å². The van der Waals surface area contributed by atoms with E-state index in [0.717, 1.165) is 5.56 Å². The molecule has 2 aromatic rings. The normalized spacial score (nSPS) is 10.5. The molecule has 5 heteroatoms. The Balaban J connectivity index is 3.04. The highest BCUT2D eigenvalue weighted by molar-refractivity contribution is 5.84. The molecule has 1 aromatic heterocycles. The largest absolute Gasteiger partial charge is 0.494 e. The lowest BCUT2D eigenvalue weighted by Crippen LogP contribution is -2.15. The highest BCUT2D eigenvalue weighted by atomic mass is 16.5. The fraction of sp³-hybridized carbons (Fsp3) is 0.200. The predicted octanol–water partition coefficient (Wildman–Crippen LogP) is 0.798. The minimum absolute atomic E-state index is 0.303. The van der Waals surface area contributed by atoms with Gasteiger partial charge in [0.15, 0.2) is 0 Å². The molecule has 0 aliphatic carbocycles. The number of aromatic amines is 1. The van der Waals surface area contributed by atoms with Crippen molar-refractivity contribution in [3.8, 4) is 5.75 Å². The van der Waals surface area contributed by atoms with Gasteiger partial charge in [-0.15, -0.1) is 0 Å². The molecule has 0 radical (unpaired) electrons. The molecule has 15 heavy (non-hydrogen) atoms. The van der Waals surface area contributed by atoms with Crippen molar-refractivity contribution in [3.63, 3.8) is 0 Å². The number of rotatable bonds is 1. The van der Waals surface area contributed by atoms with Crippen molar-refractivity contribution in [2.75, 3.05) is 7.11 Å². The zero-order valence-electron chi connectivity index (χ0n) is 8.29. The predicted molar refractivity (Wildman–Crippen MR) is 54.4 cm³/mol. The first-order valence-corrected chi connectivity index (χ1v) is 4.34. The number of H-pyrrole nitrogens is 1. The topological polar surface area (TPSA) is 72.3 Å². The Morgan fingerprint density at radius 1 is 1.33 bits per heavy atom. The maximum atomic E-state index is 11.3. The Hall–Kier alpha value is -2.04. The molecule has 2 rings (SSSR count). The van der Waals surface area contributed by atoms with Crippen LogP contribution in [0.15, 0.2) is 26.1 Å². The Kier molecular flexibility index (Phi) is 2.07. The van der Waals surface area contributed by atoms with Crippen LogP contribution in [0.4, 0.5) is 0 Å². The van der Waals surface area contributed by atoms with E-state index in [1.54, 1.807) is 12.1 Å². The van der Waals surface area contributed by atoms with Gasteiger partial charge in [0.25, 0.3) is 0 Å². The number of hydrogen-bond donors (Lipinski definition) is 1. The van der Waals surface area contributed by atoms with Gasteiger partial charge in [0, 0.05) is 0 Å². The molecule has 0 aliphatic heterocycles.